The van der Waals surface area contributed by atoms with E-state index in [0.29, 0.717) is 0 Å². The van der Waals surface area contributed by atoms with Gasteiger partial charge in [0.05, 0.1) is 6.54 Å². The molecule has 0 fully saturated rings. The molecular formula is C14H29N3O2. The lowest BCUT2D eigenvalue weighted by molar-refractivity contribution is -0.121. The molecule has 0 spiro atoms. The molecule has 19 heavy (non-hydrogen) atoms. The molecule has 5 heteroatoms. The number of nitrogens with zero attached hydrogens (tertiary/aromatic N) is 1. The normalized spacial score (nSPS) is 14.2. The zero-order valence-corrected chi connectivity index (χ0v) is 13.5. The van der Waals surface area contributed by atoms with Crippen molar-refractivity contribution in [1.82, 2.24) is 15.5 Å². The van der Waals surface area contributed by atoms with Crippen LogP contribution in [0.4, 0.5) is 4.79 Å². The van der Waals surface area contributed by atoms with Gasteiger partial charge in [0.2, 0.25) is 5.91 Å². The molecule has 0 unspecified atom stereocenters. The summed E-state index contributed by atoms with van der Waals surface area (Å²) in [5, 5.41) is 5.04. The molecule has 0 aromatic rings. The number of hydrogen-bond donors (Lipinski definition) is 2. The van der Waals surface area contributed by atoms with Crippen molar-refractivity contribution in [3.63, 3.8) is 0 Å². The van der Waals surface area contributed by atoms with Gasteiger partial charge in [-0.15, -0.1) is 0 Å². The first-order valence-corrected chi connectivity index (χ1v) is 6.65. The van der Waals surface area contributed by atoms with Crippen molar-refractivity contribution >= 4 is 11.9 Å². The van der Waals surface area contributed by atoms with Gasteiger partial charge in [0, 0.05) is 11.6 Å². The number of carbonyl (C=O) groups is 2. The smallest absolute Gasteiger partial charge is 0.321 e. The largest absolute Gasteiger partial charge is 0.333 e. The van der Waals surface area contributed by atoms with E-state index in [1.165, 1.54) is 0 Å². The van der Waals surface area contributed by atoms with E-state index in [1.807, 2.05) is 32.7 Å². The fourth-order valence-electron chi connectivity index (χ4n) is 1.56. The Morgan fingerprint density at radius 2 is 1.58 bits per heavy atom. The predicted octanol–water partition coefficient (Wildman–Crippen LogP) is 1.98. The van der Waals surface area contributed by atoms with Crippen LogP contribution in [0, 0.1) is 5.41 Å². The monoisotopic (exact) mass is 271 g/mol. The SMILES string of the molecule is C[C@H](N(C)CC(=O)NC(=O)NC(C)(C)C)C(C)(C)C. The maximum atomic E-state index is 11.8. The molecule has 0 saturated carbocycles. The summed E-state index contributed by atoms with van der Waals surface area (Å²) >= 11 is 0. The number of urea groups is 1. The summed E-state index contributed by atoms with van der Waals surface area (Å²) in [4.78, 5) is 25.3. The predicted molar refractivity (Wildman–Crippen MR) is 78.0 cm³/mol. The minimum Gasteiger partial charge on any atom is -0.333 e. The first-order valence-electron chi connectivity index (χ1n) is 6.65. The maximum Gasteiger partial charge on any atom is 0.321 e. The van der Waals surface area contributed by atoms with Crippen molar-refractivity contribution in [2.24, 2.45) is 5.41 Å². The summed E-state index contributed by atoms with van der Waals surface area (Å²) in [5.41, 5.74) is -0.266. The number of rotatable bonds is 3. The third-order valence-corrected chi connectivity index (χ3v) is 3.05. The van der Waals surface area contributed by atoms with Crippen molar-refractivity contribution in [2.75, 3.05) is 13.6 Å². The molecule has 2 N–H and O–H groups in total. The van der Waals surface area contributed by atoms with Gasteiger partial charge in [0.15, 0.2) is 0 Å². The molecule has 3 amide bonds. The minimum absolute atomic E-state index is 0.0860. The van der Waals surface area contributed by atoms with Crippen molar-refractivity contribution < 1.29 is 9.59 Å². The van der Waals surface area contributed by atoms with E-state index in [-0.39, 0.29) is 29.4 Å². The van der Waals surface area contributed by atoms with Crippen LogP contribution in [0.1, 0.15) is 48.5 Å². The molecular weight excluding hydrogens is 242 g/mol. The van der Waals surface area contributed by atoms with Crippen LogP contribution in [0.15, 0.2) is 0 Å². The number of amides is 3. The topological polar surface area (TPSA) is 61.4 Å². The van der Waals surface area contributed by atoms with Gasteiger partial charge in [-0.2, -0.15) is 0 Å². The Bertz CT molecular complexity index is 327. The van der Waals surface area contributed by atoms with Crippen LogP contribution in [0.5, 0.6) is 0 Å². The molecule has 0 aliphatic heterocycles. The highest BCUT2D eigenvalue weighted by Gasteiger charge is 2.25. The third kappa shape index (κ3) is 7.82. The Morgan fingerprint density at radius 1 is 1.11 bits per heavy atom. The average molecular weight is 271 g/mol. The van der Waals surface area contributed by atoms with Gasteiger partial charge in [0.1, 0.15) is 0 Å². The molecule has 0 aliphatic carbocycles. The Morgan fingerprint density at radius 3 is 1.95 bits per heavy atom. The molecule has 1 atom stereocenters. The first kappa shape index (κ1) is 17.9. The number of imide groups is 1. The van der Waals surface area contributed by atoms with Gasteiger partial charge >= 0.3 is 6.03 Å². The van der Waals surface area contributed by atoms with Crippen LogP contribution in [0.3, 0.4) is 0 Å². The lowest BCUT2D eigenvalue weighted by atomic mass is 9.87. The summed E-state index contributed by atoms with van der Waals surface area (Å²) in [6, 6.07) is -0.210. The molecule has 0 heterocycles. The summed E-state index contributed by atoms with van der Waals surface area (Å²) in [7, 11) is 1.89. The van der Waals surface area contributed by atoms with Crippen LogP contribution in [-0.4, -0.2) is 42.0 Å². The Hall–Kier alpha value is -1.10. The van der Waals surface area contributed by atoms with Gasteiger partial charge in [0.25, 0.3) is 0 Å². The molecule has 0 bridgehead atoms. The standard InChI is InChI=1S/C14H29N3O2/c1-10(13(2,3)4)17(8)9-11(18)15-12(19)16-14(5,6)7/h10H,9H2,1-8H3,(H2,15,16,18,19)/t10-/m0/s1. The van der Waals surface area contributed by atoms with Crippen LogP contribution >= 0.6 is 0 Å². The summed E-state index contributed by atoms with van der Waals surface area (Å²) in [6.07, 6.45) is 0. The Labute approximate surface area is 117 Å². The molecule has 0 rings (SSSR count). The fourth-order valence-corrected chi connectivity index (χ4v) is 1.56. The maximum absolute atomic E-state index is 11.8. The van der Waals surface area contributed by atoms with Gasteiger partial charge in [-0.1, -0.05) is 20.8 Å². The van der Waals surface area contributed by atoms with Crippen molar-refractivity contribution in [1.29, 1.82) is 0 Å². The highest BCUT2D eigenvalue weighted by atomic mass is 16.2. The average Bonchev–Trinajstić information content (AvgIpc) is 2.10. The minimum atomic E-state index is -0.450. The number of nitrogens with one attached hydrogen (secondary N) is 2. The van der Waals surface area contributed by atoms with Crippen molar-refractivity contribution in [3.8, 4) is 0 Å². The lowest BCUT2D eigenvalue weighted by Gasteiger charge is -2.34. The van der Waals surface area contributed by atoms with Crippen LogP contribution in [0.2, 0.25) is 0 Å². The zero-order valence-electron chi connectivity index (χ0n) is 13.5. The van der Waals surface area contributed by atoms with E-state index in [1.54, 1.807) is 0 Å². The quantitative estimate of drug-likeness (QED) is 0.825. The first-order chi connectivity index (χ1) is 8.33. The van der Waals surface area contributed by atoms with Crippen LogP contribution in [0.25, 0.3) is 0 Å². The van der Waals surface area contributed by atoms with Crippen LogP contribution < -0.4 is 10.6 Å². The highest BCUT2D eigenvalue weighted by molar-refractivity contribution is 5.95. The van der Waals surface area contributed by atoms with Crippen molar-refractivity contribution in [3.05, 3.63) is 0 Å². The van der Waals surface area contributed by atoms with Crippen LogP contribution in [-0.2, 0) is 4.79 Å². The molecule has 0 aliphatic rings. The summed E-state index contributed by atoms with van der Waals surface area (Å²) in [6.45, 7) is 14.2. The molecule has 0 radical (unpaired) electrons. The second-order valence-corrected chi connectivity index (χ2v) is 7.21. The number of hydrogen-bond acceptors (Lipinski definition) is 3. The fraction of sp³-hybridized carbons (Fsp3) is 0.857. The van der Waals surface area contributed by atoms with Gasteiger partial charge in [-0.3, -0.25) is 15.0 Å². The van der Waals surface area contributed by atoms with E-state index in [0.717, 1.165) is 0 Å². The van der Waals surface area contributed by atoms with Gasteiger partial charge in [-0.25, -0.2) is 4.79 Å². The zero-order chi connectivity index (χ0) is 15.4. The highest BCUT2D eigenvalue weighted by Crippen LogP contribution is 2.22. The van der Waals surface area contributed by atoms with E-state index < -0.39 is 6.03 Å². The summed E-state index contributed by atoms with van der Waals surface area (Å²) in [5.74, 6) is -0.291. The third-order valence-electron chi connectivity index (χ3n) is 3.05. The molecule has 0 aromatic heterocycles. The second kappa shape index (κ2) is 6.37. The van der Waals surface area contributed by atoms with E-state index in [2.05, 4.69) is 38.3 Å². The Kier molecular flexibility index (Phi) is 6.00. The molecule has 0 aromatic carbocycles. The van der Waals surface area contributed by atoms with Gasteiger partial charge < -0.3 is 5.32 Å². The number of likely N-dealkylation sites (N-methyl/N-ethyl adjacent to an activating group) is 1. The number of carbonyl (C=O) groups excluding carboxylic acids is 2. The molecule has 112 valence electrons. The van der Waals surface area contributed by atoms with E-state index in [4.69, 9.17) is 0 Å². The molecule has 0 saturated heterocycles. The molecule has 5 nitrogen and oxygen atoms in total. The Balaban J connectivity index is 4.29. The van der Waals surface area contributed by atoms with Gasteiger partial charge in [-0.05, 0) is 40.2 Å². The van der Waals surface area contributed by atoms with E-state index >= 15 is 0 Å². The van der Waals surface area contributed by atoms with Crippen molar-refractivity contribution in [2.45, 2.75) is 60.0 Å². The summed E-state index contributed by atoms with van der Waals surface area (Å²) < 4.78 is 0. The second-order valence-electron chi connectivity index (χ2n) is 7.21. The van der Waals surface area contributed by atoms with E-state index in [9.17, 15) is 9.59 Å². The lowest BCUT2D eigenvalue weighted by Crippen LogP contribution is -2.51.